The Morgan fingerprint density at radius 2 is 1.64 bits per heavy atom. The van der Waals surface area contributed by atoms with E-state index < -0.39 is 12.0 Å². The van der Waals surface area contributed by atoms with Crippen LogP contribution < -0.4 is 0 Å². The van der Waals surface area contributed by atoms with E-state index in [-0.39, 0.29) is 5.56 Å². The number of rotatable bonds is 4. The van der Waals surface area contributed by atoms with Crippen molar-refractivity contribution in [2.45, 2.75) is 63.4 Å². The molecule has 28 heavy (non-hydrogen) atoms. The summed E-state index contributed by atoms with van der Waals surface area (Å²) in [6, 6.07) is 13.6. The van der Waals surface area contributed by atoms with Crippen molar-refractivity contribution >= 4 is 6.08 Å². The van der Waals surface area contributed by atoms with Crippen LogP contribution in [0.1, 0.15) is 68.1 Å². The first kappa shape index (κ1) is 19.3. The second-order valence-electron chi connectivity index (χ2n) is 8.36. The van der Waals surface area contributed by atoms with E-state index in [2.05, 4.69) is 31.2 Å². The molecule has 0 amide bonds. The molecule has 4 rings (SSSR count). The van der Waals surface area contributed by atoms with Gasteiger partial charge in [-0.1, -0.05) is 62.2 Å². The Kier molecular flexibility index (Phi) is 5.37. The Morgan fingerprint density at radius 1 is 0.964 bits per heavy atom. The van der Waals surface area contributed by atoms with E-state index in [9.17, 15) is 13.9 Å². The molecular formula is C25H28F2O. The normalized spacial score (nSPS) is 26.1. The lowest BCUT2D eigenvalue weighted by Gasteiger charge is -2.28. The summed E-state index contributed by atoms with van der Waals surface area (Å²) < 4.78 is 28.3. The van der Waals surface area contributed by atoms with E-state index in [0.29, 0.717) is 11.5 Å². The molecule has 1 atom stereocenters. The second-order valence-corrected chi connectivity index (χ2v) is 8.36. The molecule has 2 aliphatic carbocycles. The lowest BCUT2D eigenvalue weighted by molar-refractivity contribution is -0.0939. The molecule has 1 saturated carbocycles. The maximum absolute atomic E-state index is 14.2. The fraction of sp³-hybridized carbons (Fsp3) is 0.440. The summed E-state index contributed by atoms with van der Waals surface area (Å²) in [4.78, 5) is 0. The summed E-state index contributed by atoms with van der Waals surface area (Å²) in [5.41, 5.74) is 3.73. The zero-order valence-corrected chi connectivity index (χ0v) is 16.4. The molecular weight excluding hydrogens is 354 g/mol. The molecule has 0 radical (unpaired) electrons. The van der Waals surface area contributed by atoms with Gasteiger partial charge in [-0.3, -0.25) is 0 Å². The van der Waals surface area contributed by atoms with Gasteiger partial charge in [-0.05, 0) is 71.9 Å². The average molecular weight is 382 g/mol. The maximum atomic E-state index is 14.2. The molecule has 148 valence electrons. The number of alkyl halides is 2. The van der Waals surface area contributed by atoms with Crippen molar-refractivity contribution < 1.29 is 13.9 Å². The van der Waals surface area contributed by atoms with Gasteiger partial charge in [0.15, 0.2) is 0 Å². The number of hydrogen-bond acceptors (Lipinski definition) is 1. The van der Waals surface area contributed by atoms with Gasteiger partial charge < -0.3 is 5.11 Å². The van der Waals surface area contributed by atoms with Crippen molar-refractivity contribution in [3.63, 3.8) is 0 Å². The van der Waals surface area contributed by atoms with E-state index >= 15 is 0 Å². The van der Waals surface area contributed by atoms with E-state index in [1.54, 1.807) is 18.2 Å². The van der Waals surface area contributed by atoms with Crippen LogP contribution >= 0.6 is 0 Å². The van der Waals surface area contributed by atoms with Crippen molar-refractivity contribution in [1.29, 1.82) is 0 Å². The quantitative estimate of drug-likeness (QED) is 0.609. The highest BCUT2D eigenvalue weighted by molar-refractivity contribution is 5.71. The van der Waals surface area contributed by atoms with Gasteiger partial charge in [-0.25, -0.2) is 0 Å². The minimum Gasteiger partial charge on any atom is -0.382 e. The first-order valence-corrected chi connectivity index (χ1v) is 10.5. The SMILES string of the molecule is CCCC1CCC(c2ccc(-c3ccc4c(c3)C=CC(O)C4(F)F)cc2)CC1. The zero-order chi connectivity index (χ0) is 19.7. The molecule has 2 aliphatic rings. The molecule has 1 fully saturated rings. The Hall–Kier alpha value is -2.00. The van der Waals surface area contributed by atoms with Crippen LogP contribution in [0, 0.1) is 5.92 Å². The molecule has 2 aromatic rings. The lowest BCUT2D eigenvalue weighted by Crippen LogP contribution is -2.32. The van der Waals surface area contributed by atoms with E-state index in [1.807, 2.05) is 0 Å². The van der Waals surface area contributed by atoms with Gasteiger partial charge >= 0.3 is 5.92 Å². The first-order valence-electron chi connectivity index (χ1n) is 10.5. The van der Waals surface area contributed by atoms with Crippen LogP contribution in [0.5, 0.6) is 0 Å². The Labute approximate surface area is 166 Å². The van der Waals surface area contributed by atoms with Crippen molar-refractivity contribution in [3.05, 3.63) is 65.2 Å². The Morgan fingerprint density at radius 3 is 2.32 bits per heavy atom. The predicted octanol–water partition coefficient (Wildman–Crippen LogP) is 6.91. The minimum absolute atomic E-state index is 0.105. The Bertz CT molecular complexity index is 845. The van der Waals surface area contributed by atoms with Gasteiger partial charge in [0, 0.05) is 5.56 Å². The average Bonchev–Trinajstić information content (AvgIpc) is 2.72. The number of fused-ring (bicyclic) bond motifs is 1. The van der Waals surface area contributed by atoms with Crippen LogP contribution in [-0.2, 0) is 5.92 Å². The summed E-state index contributed by atoms with van der Waals surface area (Å²) >= 11 is 0. The molecule has 0 heterocycles. The van der Waals surface area contributed by atoms with Crippen molar-refractivity contribution in [3.8, 4) is 11.1 Å². The summed E-state index contributed by atoms with van der Waals surface area (Å²) in [5, 5.41) is 9.53. The molecule has 0 bridgehead atoms. The lowest BCUT2D eigenvalue weighted by atomic mass is 9.77. The van der Waals surface area contributed by atoms with Crippen LogP contribution in [0.15, 0.2) is 48.5 Å². The number of aliphatic hydroxyl groups is 1. The maximum Gasteiger partial charge on any atom is 0.302 e. The first-order chi connectivity index (χ1) is 13.5. The topological polar surface area (TPSA) is 20.2 Å². The molecule has 1 N–H and O–H groups in total. The number of halogens is 2. The third-order valence-corrected chi connectivity index (χ3v) is 6.50. The highest BCUT2D eigenvalue weighted by atomic mass is 19.3. The molecule has 1 nitrogen and oxygen atoms in total. The number of hydrogen-bond donors (Lipinski definition) is 1. The summed E-state index contributed by atoms with van der Waals surface area (Å²) in [6.45, 7) is 2.27. The van der Waals surface area contributed by atoms with Crippen LogP contribution in [0.4, 0.5) is 8.78 Å². The standard InChI is InChI=1S/C25H28F2O/c1-2-3-17-4-6-18(7-5-17)19-8-10-20(11-9-19)21-12-14-23-22(16-21)13-15-24(28)25(23,26)27/h8-18,24,28H,2-7H2,1H3. The molecule has 0 aliphatic heterocycles. The fourth-order valence-electron chi connectivity index (χ4n) is 4.80. The van der Waals surface area contributed by atoms with E-state index in [4.69, 9.17) is 0 Å². The molecule has 3 heteroatoms. The van der Waals surface area contributed by atoms with Gasteiger partial charge in [0.1, 0.15) is 6.10 Å². The molecule has 0 spiro atoms. The van der Waals surface area contributed by atoms with Crippen LogP contribution in [-0.4, -0.2) is 11.2 Å². The molecule has 0 saturated heterocycles. The minimum atomic E-state index is -3.23. The van der Waals surface area contributed by atoms with Crippen LogP contribution in [0.25, 0.3) is 17.2 Å². The highest BCUT2D eigenvalue weighted by Gasteiger charge is 2.42. The predicted molar refractivity (Wildman–Crippen MR) is 110 cm³/mol. The van der Waals surface area contributed by atoms with E-state index in [1.165, 1.54) is 56.2 Å². The van der Waals surface area contributed by atoms with Gasteiger partial charge in [0.25, 0.3) is 0 Å². The largest absolute Gasteiger partial charge is 0.382 e. The molecule has 2 aromatic carbocycles. The summed E-state index contributed by atoms with van der Waals surface area (Å²) in [7, 11) is 0. The smallest absolute Gasteiger partial charge is 0.302 e. The number of aliphatic hydroxyl groups excluding tert-OH is 1. The van der Waals surface area contributed by atoms with Crippen LogP contribution in [0.2, 0.25) is 0 Å². The fourth-order valence-corrected chi connectivity index (χ4v) is 4.80. The van der Waals surface area contributed by atoms with Crippen molar-refractivity contribution in [2.75, 3.05) is 0 Å². The van der Waals surface area contributed by atoms with E-state index in [0.717, 1.165) is 17.0 Å². The summed E-state index contributed by atoms with van der Waals surface area (Å²) in [6.07, 6.45) is 8.84. The third kappa shape index (κ3) is 3.65. The van der Waals surface area contributed by atoms with Gasteiger partial charge in [0.05, 0.1) is 0 Å². The summed E-state index contributed by atoms with van der Waals surface area (Å²) in [5.74, 6) is -1.68. The molecule has 1 unspecified atom stereocenters. The van der Waals surface area contributed by atoms with Gasteiger partial charge in [-0.2, -0.15) is 8.78 Å². The monoisotopic (exact) mass is 382 g/mol. The third-order valence-electron chi connectivity index (χ3n) is 6.50. The van der Waals surface area contributed by atoms with Gasteiger partial charge in [-0.15, -0.1) is 0 Å². The zero-order valence-electron chi connectivity index (χ0n) is 16.4. The Balaban J connectivity index is 1.51. The second kappa shape index (κ2) is 7.79. The molecule has 0 aromatic heterocycles. The highest BCUT2D eigenvalue weighted by Crippen LogP contribution is 2.41. The van der Waals surface area contributed by atoms with Gasteiger partial charge in [0.2, 0.25) is 0 Å². The van der Waals surface area contributed by atoms with Crippen LogP contribution in [0.3, 0.4) is 0 Å². The van der Waals surface area contributed by atoms with Crippen molar-refractivity contribution in [1.82, 2.24) is 0 Å². The number of benzene rings is 2. The van der Waals surface area contributed by atoms with Crippen molar-refractivity contribution in [2.24, 2.45) is 5.92 Å².